The summed E-state index contributed by atoms with van der Waals surface area (Å²) in [5.41, 5.74) is -0.725. The van der Waals surface area contributed by atoms with Crippen molar-refractivity contribution in [3.63, 3.8) is 0 Å². The third-order valence-corrected chi connectivity index (χ3v) is 4.80. The lowest BCUT2D eigenvalue weighted by Gasteiger charge is -2.28. The van der Waals surface area contributed by atoms with Gasteiger partial charge in [-0.15, -0.1) is 0 Å². The maximum atomic E-state index is 12.9. The van der Waals surface area contributed by atoms with E-state index in [1.807, 2.05) is 0 Å². The van der Waals surface area contributed by atoms with E-state index in [4.69, 9.17) is 0 Å². The Bertz CT molecular complexity index is 284. The van der Waals surface area contributed by atoms with Crippen LogP contribution in [0.4, 0.5) is 26.3 Å². The van der Waals surface area contributed by atoms with Crippen LogP contribution in [0.25, 0.3) is 0 Å². The molecule has 0 nitrogen and oxygen atoms in total. The minimum Gasteiger partial charge on any atom is -0.171 e. The zero-order valence-corrected chi connectivity index (χ0v) is 10.6. The molecular weight excluding hydrogens is 270 g/mol. The lowest BCUT2D eigenvalue weighted by molar-refractivity contribution is -0.245. The van der Waals surface area contributed by atoms with Gasteiger partial charge in [-0.25, -0.2) is 0 Å². The van der Waals surface area contributed by atoms with Gasteiger partial charge in [-0.05, 0) is 31.1 Å². The van der Waals surface area contributed by atoms with E-state index in [1.165, 1.54) is 0 Å². The van der Waals surface area contributed by atoms with Crippen molar-refractivity contribution in [3.05, 3.63) is 0 Å². The zero-order valence-electron chi connectivity index (χ0n) is 10.6. The molecule has 2 aliphatic carbocycles. The molecule has 112 valence electrons. The molecule has 0 N–H and O–H groups in total. The fourth-order valence-corrected chi connectivity index (χ4v) is 3.88. The predicted octanol–water partition coefficient (Wildman–Crippen LogP) is 5.48. The van der Waals surface area contributed by atoms with E-state index in [0.717, 1.165) is 25.7 Å². The summed E-state index contributed by atoms with van der Waals surface area (Å²) in [6.07, 6.45) is -5.74. The molecule has 2 saturated carbocycles. The molecule has 0 amide bonds. The Morgan fingerprint density at radius 3 is 1.32 bits per heavy atom. The Kier molecular flexibility index (Phi) is 3.82. The first kappa shape index (κ1) is 15.0. The predicted molar refractivity (Wildman–Crippen MR) is 58.5 cm³/mol. The van der Waals surface area contributed by atoms with Crippen LogP contribution in [-0.2, 0) is 0 Å². The van der Waals surface area contributed by atoms with Gasteiger partial charge in [0.15, 0.2) is 0 Å². The molecule has 1 spiro atoms. The quantitative estimate of drug-likeness (QED) is 0.518. The van der Waals surface area contributed by atoms with Crippen molar-refractivity contribution in [2.75, 3.05) is 0 Å². The van der Waals surface area contributed by atoms with E-state index in [9.17, 15) is 26.3 Å². The van der Waals surface area contributed by atoms with Crippen molar-refractivity contribution < 1.29 is 26.3 Å². The van der Waals surface area contributed by atoms with Crippen LogP contribution in [0.15, 0.2) is 0 Å². The average molecular weight is 288 g/mol. The van der Waals surface area contributed by atoms with E-state index in [2.05, 4.69) is 0 Å². The van der Waals surface area contributed by atoms with E-state index in [0.29, 0.717) is 12.8 Å². The number of hydrogen-bond donors (Lipinski definition) is 0. The smallest absolute Gasteiger partial charge is 0.171 e. The summed E-state index contributed by atoms with van der Waals surface area (Å²) in [5.74, 6) is -4.41. The standard InChI is InChI=1S/C13H18F6/c14-12(15,16)9-7-11(5-3-1-2-4-6-11)8-10(9)13(17,18)19/h9-10H,1-8H2. The fourth-order valence-electron chi connectivity index (χ4n) is 3.88. The molecule has 0 aliphatic heterocycles. The number of alkyl halides is 6. The molecule has 0 aromatic rings. The van der Waals surface area contributed by atoms with Crippen molar-refractivity contribution >= 4 is 0 Å². The molecule has 19 heavy (non-hydrogen) atoms. The Morgan fingerprint density at radius 2 is 1.00 bits per heavy atom. The highest BCUT2D eigenvalue weighted by Gasteiger charge is 2.62. The minimum absolute atomic E-state index is 0.333. The van der Waals surface area contributed by atoms with Gasteiger partial charge in [-0.2, -0.15) is 26.3 Å². The van der Waals surface area contributed by atoms with E-state index in [-0.39, 0.29) is 12.8 Å². The van der Waals surface area contributed by atoms with E-state index < -0.39 is 29.6 Å². The van der Waals surface area contributed by atoms with Gasteiger partial charge < -0.3 is 0 Å². The first-order valence-corrected chi connectivity index (χ1v) is 6.78. The monoisotopic (exact) mass is 288 g/mol. The number of halogens is 6. The molecule has 2 fully saturated rings. The van der Waals surface area contributed by atoms with Gasteiger partial charge in [-0.3, -0.25) is 0 Å². The second-order valence-electron chi connectivity index (χ2n) is 6.12. The summed E-state index contributed by atoms with van der Waals surface area (Å²) in [6, 6.07) is 0. The molecule has 0 bridgehead atoms. The van der Waals surface area contributed by atoms with Crippen LogP contribution < -0.4 is 0 Å². The van der Waals surface area contributed by atoms with Crippen molar-refractivity contribution in [1.82, 2.24) is 0 Å². The van der Waals surface area contributed by atoms with Crippen LogP contribution in [-0.4, -0.2) is 12.4 Å². The second kappa shape index (κ2) is 4.85. The highest BCUT2D eigenvalue weighted by molar-refractivity contribution is 4.99. The normalized spacial score (nSPS) is 32.5. The van der Waals surface area contributed by atoms with E-state index >= 15 is 0 Å². The Morgan fingerprint density at radius 1 is 0.632 bits per heavy atom. The molecular formula is C13H18F6. The van der Waals surface area contributed by atoms with Gasteiger partial charge in [0.1, 0.15) is 0 Å². The molecule has 2 unspecified atom stereocenters. The van der Waals surface area contributed by atoms with Crippen molar-refractivity contribution in [2.45, 2.75) is 63.7 Å². The lowest BCUT2D eigenvalue weighted by Crippen LogP contribution is -2.35. The number of hydrogen-bond acceptors (Lipinski definition) is 0. The Labute approximate surface area is 108 Å². The summed E-state index contributed by atoms with van der Waals surface area (Å²) < 4.78 is 77.3. The van der Waals surface area contributed by atoms with Crippen LogP contribution in [0.1, 0.15) is 51.4 Å². The Balaban J connectivity index is 2.23. The van der Waals surface area contributed by atoms with Gasteiger partial charge in [0.2, 0.25) is 0 Å². The minimum atomic E-state index is -4.74. The van der Waals surface area contributed by atoms with Crippen LogP contribution >= 0.6 is 0 Å². The van der Waals surface area contributed by atoms with Crippen molar-refractivity contribution in [2.24, 2.45) is 17.3 Å². The maximum Gasteiger partial charge on any atom is 0.392 e. The second-order valence-corrected chi connectivity index (χ2v) is 6.12. The zero-order chi connectivity index (χ0) is 14.3. The summed E-state index contributed by atoms with van der Waals surface area (Å²) in [7, 11) is 0. The average Bonchev–Trinajstić information content (AvgIpc) is 2.48. The molecule has 0 aromatic heterocycles. The molecule has 0 radical (unpaired) electrons. The largest absolute Gasteiger partial charge is 0.392 e. The van der Waals surface area contributed by atoms with Gasteiger partial charge >= 0.3 is 12.4 Å². The SMILES string of the molecule is FC(F)(F)C1CC2(CCCCCC2)CC1C(F)(F)F. The molecule has 2 rings (SSSR count). The number of rotatable bonds is 0. The van der Waals surface area contributed by atoms with Gasteiger partial charge in [0.25, 0.3) is 0 Å². The van der Waals surface area contributed by atoms with Crippen LogP contribution in [0.5, 0.6) is 0 Å². The van der Waals surface area contributed by atoms with Crippen LogP contribution in [0, 0.1) is 17.3 Å². The third-order valence-electron chi connectivity index (χ3n) is 4.80. The van der Waals surface area contributed by atoms with Gasteiger partial charge in [0.05, 0.1) is 11.8 Å². The molecule has 2 aliphatic rings. The lowest BCUT2D eigenvalue weighted by atomic mass is 9.78. The topological polar surface area (TPSA) is 0 Å². The van der Waals surface area contributed by atoms with E-state index in [1.54, 1.807) is 0 Å². The maximum absolute atomic E-state index is 12.9. The molecule has 0 heterocycles. The molecule has 2 atom stereocenters. The van der Waals surface area contributed by atoms with Gasteiger partial charge in [-0.1, -0.05) is 25.7 Å². The van der Waals surface area contributed by atoms with Crippen LogP contribution in [0.3, 0.4) is 0 Å². The Hall–Kier alpha value is -0.420. The molecule has 0 aromatic carbocycles. The van der Waals surface area contributed by atoms with Crippen molar-refractivity contribution in [1.29, 1.82) is 0 Å². The van der Waals surface area contributed by atoms with Crippen LogP contribution in [0.2, 0.25) is 0 Å². The third kappa shape index (κ3) is 3.19. The summed E-state index contributed by atoms with van der Waals surface area (Å²) in [6.45, 7) is 0. The van der Waals surface area contributed by atoms with Gasteiger partial charge in [0, 0.05) is 0 Å². The highest BCUT2D eigenvalue weighted by Crippen LogP contribution is 2.60. The summed E-state index contributed by atoms with van der Waals surface area (Å²) in [5, 5.41) is 0. The first-order chi connectivity index (χ1) is 8.64. The molecule has 0 saturated heterocycles. The highest BCUT2D eigenvalue weighted by atomic mass is 19.4. The summed E-state index contributed by atoms with van der Waals surface area (Å²) >= 11 is 0. The fraction of sp³-hybridized carbons (Fsp3) is 1.00. The molecule has 6 heteroatoms. The first-order valence-electron chi connectivity index (χ1n) is 6.78. The summed E-state index contributed by atoms with van der Waals surface area (Å²) in [4.78, 5) is 0. The van der Waals surface area contributed by atoms with Crippen molar-refractivity contribution in [3.8, 4) is 0 Å².